The van der Waals surface area contributed by atoms with Crippen LogP contribution in [0.2, 0.25) is 0 Å². The van der Waals surface area contributed by atoms with E-state index < -0.39 is 0 Å². The second-order valence-corrected chi connectivity index (χ2v) is 5.48. The summed E-state index contributed by atoms with van der Waals surface area (Å²) in [5.41, 5.74) is 3.34. The highest BCUT2D eigenvalue weighted by Gasteiger charge is 2.02. The number of hydrogen-bond donors (Lipinski definition) is 2. The average Bonchev–Trinajstić information content (AvgIpc) is 2.72. The van der Waals surface area contributed by atoms with Gasteiger partial charge in [-0.3, -0.25) is 0 Å². The molecule has 0 spiro atoms. The first-order valence-electron chi connectivity index (χ1n) is 5.31. The molecule has 0 saturated heterocycles. The van der Waals surface area contributed by atoms with Crippen molar-refractivity contribution in [2.24, 2.45) is 0 Å². The number of nitrogens with one attached hydrogen (secondary N) is 2. The van der Waals surface area contributed by atoms with Crippen molar-refractivity contribution >= 4 is 38.1 Å². The van der Waals surface area contributed by atoms with E-state index in [0.29, 0.717) is 0 Å². The average molecular weight is 312 g/mol. The van der Waals surface area contributed by atoms with Gasteiger partial charge in [0, 0.05) is 22.1 Å². The second-order valence-electron chi connectivity index (χ2n) is 3.76. The lowest BCUT2D eigenvalue weighted by Gasteiger charge is -2.04. The molecule has 17 heavy (non-hydrogen) atoms. The highest BCUT2D eigenvalue weighted by molar-refractivity contribution is 9.10. The minimum Gasteiger partial charge on any atom is -0.332 e. The highest BCUT2D eigenvalue weighted by atomic mass is 79.9. The van der Waals surface area contributed by atoms with Gasteiger partial charge in [0.25, 0.3) is 0 Å². The first-order valence-corrected chi connectivity index (χ1v) is 6.98. The summed E-state index contributed by atoms with van der Waals surface area (Å²) in [7, 11) is 1.92. The summed E-state index contributed by atoms with van der Waals surface area (Å²) in [4.78, 5) is 4.48. The zero-order valence-corrected chi connectivity index (χ0v) is 12.2. The number of benzene rings is 1. The van der Waals surface area contributed by atoms with Crippen LogP contribution >= 0.6 is 27.3 Å². The Bertz CT molecular complexity index is 510. The Hall–Kier alpha value is -0.910. The SMILES string of the molecule is CNCc1csc(Nc2ccc(C)c(Br)c2)n1. The topological polar surface area (TPSA) is 37.0 Å². The van der Waals surface area contributed by atoms with Gasteiger partial charge in [0.1, 0.15) is 0 Å². The minimum atomic E-state index is 0.801. The molecule has 0 aliphatic rings. The van der Waals surface area contributed by atoms with Crippen LogP contribution < -0.4 is 10.6 Å². The largest absolute Gasteiger partial charge is 0.332 e. The van der Waals surface area contributed by atoms with E-state index in [2.05, 4.69) is 62.1 Å². The molecule has 2 N–H and O–H groups in total. The van der Waals surface area contributed by atoms with Gasteiger partial charge in [-0.25, -0.2) is 4.98 Å². The summed E-state index contributed by atoms with van der Waals surface area (Å²) in [5, 5.41) is 9.37. The molecule has 1 aromatic carbocycles. The normalized spacial score (nSPS) is 10.5. The third kappa shape index (κ3) is 3.28. The van der Waals surface area contributed by atoms with E-state index in [0.717, 1.165) is 27.5 Å². The zero-order valence-electron chi connectivity index (χ0n) is 9.75. The molecule has 0 unspecified atom stereocenters. The number of rotatable bonds is 4. The molecule has 0 bridgehead atoms. The van der Waals surface area contributed by atoms with Gasteiger partial charge in [-0.15, -0.1) is 11.3 Å². The third-order valence-electron chi connectivity index (χ3n) is 2.33. The van der Waals surface area contributed by atoms with Crippen LogP contribution in [0.25, 0.3) is 0 Å². The summed E-state index contributed by atoms with van der Waals surface area (Å²) in [6.07, 6.45) is 0. The van der Waals surface area contributed by atoms with Crippen LogP contribution in [0.3, 0.4) is 0 Å². The summed E-state index contributed by atoms with van der Waals surface area (Å²) < 4.78 is 1.11. The molecular weight excluding hydrogens is 298 g/mol. The Labute approximate surface area is 113 Å². The van der Waals surface area contributed by atoms with E-state index in [4.69, 9.17) is 0 Å². The monoisotopic (exact) mass is 311 g/mol. The third-order valence-corrected chi connectivity index (χ3v) is 3.99. The van der Waals surface area contributed by atoms with Crippen LogP contribution in [0, 0.1) is 6.92 Å². The Balaban J connectivity index is 2.11. The molecule has 2 rings (SSSR count). The van der Waals surface area contributed by atoms with Gasteiger partial charge < -0.3 is 10.6 Å². The maximum Gasteiger partial charge on any atom is 0.187 e. The summed E-state index contributed by atoms with van der Waals surface area (Å²) in [5.74, 6) is 0. The van der Waals surface area contributed by atoms with Gasteiger partial charge in [-0.05, 0) is 31.7 Å². The predicted molar refractivity (Wildman–Crippen MR) is 77.0 cm³/mol. The van der Waals surface area contributed by atoms with Crippen molar-refractivity contribution in [1.82, 2.24) is 10.3 Å². The summed E-state index contributed by atoms with van der Waals surface area (Å²) in [6.45, 7) is 2.87. The van der Waals surface area contributed by atoms with E-state index in [1.807, 2.05) is 7.05 Å². The van der Waals surface area contributed by atoms with Crippen LogP contribution in [0.1, 0.15) is 11.3 Å². The fourth-order valence-electron chi connectivity index (χ4n) is 1.42. The van der Waals surface area contributed by atoms with Crippen molar-refractivity contribution in [1.29, 1.82) is 0 Å². The van der Waals surface area contributed by atoms with Gasteiger partial charge in [0.05, 0.1) is 5.69 Å². The van der Waals surface area contributed by atoms with E-state index >= 15 is 0 Å². The Morgan fingerprint density at radius 3 is 2.94 bits per heavy atom. The van der Waals surface area contributed by atoms with Crippen molar-refractivity contribution in [3.8, 4) is 0 Å². The van der Waals surface area contributed by atoms with E-state index in [1.165, 1.54) is 5.56 Å². The predicted octanol–water partition coefficient (Wildman–Crippen LogP) is 3.68. The lowest BCUT2D eigenvalue weighted by molar-refractivity contribution is 0.798. The number of aromatic nitrogens is 1. The molecule has 1 heterocycles. The number of hydrogen-bond acceptors (Lipinski definition) is 4. The summed E-state index contributed by atoms with van der Waals surface area (Å²) >= 11 is 5.14. The summed E-state index contributed by atoms with van der Waals surface area (Å²) in [6, 6.07) is 6.20. The van der Waals surface area contributed by atoms with Crippen LogP contribution in [0.15, 0.2) is 28.1 Å². The lowest BCUT2D eigenvalue weighted by Crippen LogP contribution is -2.05. The zero-order chi connectivity index (χ0) is 12.3. The van der Waals surface area contributed by atoms with Crippen LogP contribution in [0.4, 0.5) is 10.8 Å². The fraction of sp³-hybridized carbons (Fsp3) is 0.250. The molecule has 2 aromatic rings. The first kappa shape index (κ1) is 12.5. The van der Waals surface area contributed by atoms with Crippen molar-refractivity contribution in [3.05, 3.63) is 39.3 Å². The van der Waals surface area contributed by atoms with Gasteiger partial charge in [-0.2, -0.15) is 0 Å². The molecule has 0 fully saturated rings. The first-order chi connectivity index (χ1) is 8.19. The molecule has 0 saturated carbocycles. The molecular formula is C12H14BrN3S. The van der Waals surface area contributed by atoms with Gasteiger partial charge >= 0.3 is 0 Å². The van der Waals surface area contributed by atoms with Crippen LogP contribution in [0.5, 0.6) is 0 Å². The molecule has 0 atom stereocenters. The Kier molecular flexibility index (Phi) is 4.15. The van der Waals surface area contributed by atoms with Gasteiger partial charge in [0.2, 0.25) is 0 Å². The van der Waals surface area contributed by atoms with Crippen molar-refractivity contribution in [2.75, 3.05) is 12.4 Å². The number of halogens is 1. The number of anilines is 2. The van der Waals surface area contributed by atoms with E-state index in [-0.39, 0.29) is 0 Å². The quantitative estimate of drug-likeness (QED) is 0.904. The molecule has 1 aromatic heterocycles. The number of thiazole rings is 1. The molecule has 0 aliphatic carbocycles. The smallest absolute Gasteiger partial charge is 0.187 e. The van der Waals surface area contributed by atoms with Gasteiger partial charge in [0.15, 0.2) is 5.13 Å². The van der Waals surface area contributed by atoms with E-state index in [9.17, 15) is 0 Å². The molecule has 5 heteroatoms. The van der Waals surface area contributed by atoms with Crippen LogP contribution in [-0.2, 0) is 6.54 Å². The van der Waals surface area contributed by atoms with Crippen molar-refractivity contribution in [2.45, 2.75) is 13.5 Å². The Morgan fingerprint density at radius 2 is 2.24 bits per heavy atom. The van der Waals surface area contributed by atoms with Gasteiger partial charge in [-0.1, -0.05) is 22.0 Å². The van der Waals surface area contributed by atoms with E-state index in [1.54, 1.807) is 11.3 Å². The molecule has 3 nitrogen and oxygen atoms in total. The molecule has 90 valence electrons. The molecule has 0 aliphatic heterocycles. The second kappa shape index (κ2) is 5.62. The standard InChI is InChI=1S/C12H14BrN3S/c1-8-3-4-9(5-11(8)13)15-12-16-10(6-14-2)7-17-12/h3-5,7,14H,6H2,1-2H3,(H,15,16). The van der Waals surface area contributed by atoms with Crippen LogP contribution in [-0.4, -0.2) is 12.0 Å². The molecule has 0 amide bonds. The minimum absolute atomic E-state index is 0.801. The molecule has 0 radical (unpaired) electrons. The lowest BCUT2D eigenvalue weighted by atomic mass is 10.2. The number of nitrogens with zero attached hydrogens (tertiary/aromatic N) is 1. The maximum absolute atomic E-state index is 4.48. The highest BCUT2D eigenvalue weighted by Crippen LogP contribution is 2.25. The Morgan fingerprint density at radius 1 is 1.41 bits per heavy atom. The maximum atomic E-state index is 4.48. The van der Waals surface area contributed by atoms with Crippen molar-refractivity contribution < 1.29 is 0 Å². The fourth-order valence-corrected chi connectivity index (χ4v) is 2.53. The number of aryl methyl sites for hydroxylation is 1. The van der Waals surface area contributed by atoms with Crippen molar-refractivity contribution in [3.63, 3.8) is 0 Å².